The van der Waals surface area contributed by atoms with Crippen LogP contribution >= 0.6 is 0 Å². The van der Waals surface area contributed by atoms with Crippen molar-refractivity contribution in [1.82, 2.24) is 0 Å². The molecule has 2 rings (SSSR count). The Bertz CT molecular complexity index is 610. The molecule has 0 aromatic heterocycles. The molecule has 0 fully saturated rings. The summed E-state index contributed by atoms with van der Waals surface area (Å²) in [5.74, 6) is -1.02. The molecule has 0 aliphatic rings. The summed E-state index contributed by atoms with van der Waals surface area (Å²) in [6.07, 6.45) is 0. The molecule has 4 heteroatoms. The number of nitrogens with zero attached hydrogens (tertiary/aromatic N) is 1. The van der Waals surface area contributed by atoms with E-state index < -0.39 is 11.8 Å². The monoisotopic (exact) mass is 283 g/mol. The molecular weight excluding hydrogens is 266 g/mol. The lowest BCUT2D eigenvalue weighted by Gasteiger charge is -2.23. The minimum Gasteiger partial charge on any atom is -0.299 e. The van der Waals surface area contributed by atoms with E-state index in [1.807, 2.05) is 60.7 Å². The molecule has 0 saturated carbocycles. The highest BCUT2D eigenvalue weighted by Crippen LogP contribution is 2.34. The van der Waals surface area contributed by atoms with Gasteiger partial charge >= 0.3 is 0 Å². The molecule has 0 radical (unpaired) electrons. The van der Waals surface area contributed by atoms with Gasteiger partial charge in [-0.2, -0.15) is 0 Å². The number of rotatable bonds is 6. The summed E-state index contributed by atoms with van der Waals surface area (Å²) in [5, 5.41) is 11.0. The number of carbonyl (C=O) groups is 1. The molecular formula is C17H17NO3. The fourth-order valence-corrected chi connectivity index (χ4v) is 2.67. The van der Waals surface area contributed by atoms with Crippen LogP contribution in [0.5, 0.6) is 0 Å². The van der Waals surface area contributed by atoms with E-state index >= 15 is 0 Å². The molecule has 108 valence electrons. The van der Waals surface area contributed by atoms with Crippen LogP contribution in [0.25, 0.3) is 0 Å². The first-order valence-electron chi connectivity index (χ1n) is 6.81. The number of benzene rings is 2. The topological polar surface area (TPSA) is 60.2 Å². The minimum atomic E-state index is -0.501. The maximum Gasteiger partial charge on any atom is 0.211 e. The molecule has 4 nitrogen and oxygen atoms in total. The van der Waals surface area contributed by atoms with Crippen molar-refractivity contribution in [2.75, 3.05) is 6.54 Å². The fourth-order valence-electron chi connectivity index (χ4n) is 2.67. The van der Waals surface area contributed by atoms with Crippen molar-refractivity contribution >= 4 is 5.78 Å². The van der Waals surface area contributed by atoms with Gasteiger partial charge in [-0.25, -0.2) is 0 Å². The van der Waals surface area contributed by atoms with E-state index in [-0.39, 0.29) is 17.3 Å². The summed E-state index contributed by atoms with van der Waals surface area (Å²) >= 11 is 0. The van der Waals surface area contributed by atoms with Crippen molar-refractivity contribution in [1.29, 1.82) is 0 Å². The molecule has 0 unspecified atom stereocenters. The van der Waals surface area contributed by atoms with Crippen molar-refractivity contribution in [3.05, 3.63) is 81.9 Å². The first-order chi connectivity index (χ1) is 10.1. The van der Waals surface area contributed by atoms with Crippen LogP contribution in [0.1, 0.15) is 29.9 Å². The smallest absolute Gasteiger partial charge is 0.211 e. The lowest BCUT2D eigenvalue weighted by atomic mass is 9.79. The highest BCUT2D eigenvalue weighted by Gasteiger charge is 2.32. The zero-order valence-corrected chi connectivity index (χ0v) is 11.8. The molecule has 0 saturated heterocycles. The van der Waals surface area contributed by atoms with Crippen molar-refractivity contribution in [3.63, 3.8) is 0 Å². The number of hydrogen-bond donors (Lipinski definition) is 0. The molecule has 2 atom stereocenters. The van der Waals surface area contributed by atoms with Crippen LogP contribution in [0.3, 0.4) is 0 Å². The second-order valence-electron chi connectivity index (χ2n) is 5.03. The predicted octanol–water partition coefficient (Wildman–Crippen LogP) is 3.42. The van der Waals surface area contributed by atoms with Gasteiger partial charge in [0.1, 0.15) is 5.78 Å². The van der Waals surface area contributed by atoms with E-state index in [4.69, 9.17) is 0 Å². The normalized spacial score (nSPS) is 13.4. The molecule has 0 heterocycles. The number of hydrogen-bond acceptors (Lipinski definition) is 3. The maximum atomic E-state index is 12.1. The van der Waals surface area contributed by atoms with E-state index in [0.29, 0.717) is 0 Å². The van der Waals surface area contributed by atoms with Gasteiger partial charge < -0.3 is 0 Å². The summed E-state index contributed by atoms with van der Waals surface area (Å²) < 4.78 is 0. The van der Waals surface area contributed by atoms with E-state index in [9.17, 15) is 14.9 Å². The first kappa shape index (κ1) is 14.9. The third-order valence-corrected chi connectivity index (χ3v) is 3.57. The van der Waals surface area contributed by atoms with Gasteiger partial charge in [0, 0.05) is 4.92 Å². The molecule has 0 aliphatic carbocycles. The second-order valence-corrected chi connectivity index (χ2v) is 5.03. The number of Topliss-reactive ketones (excluding diaryl/α,β-unsaturated/α-hetero) is 1. The number of ketones is 1. The number of nitro groups is 1. The second kappa shape index (κ2) is 6.79. The Hall–Kier alpha value is -2.49. The van der Waals surface area contributed by atoms with Gasteiger partial charge in [-0.15, -0.1) is 0 Å². The highest BCUT2D eigenvalue weighted by atomic mass is 16.6. The summed E-state index contributed by atoms with van der Waals surface area (Å²) in [6.45, 7) is 1.23. The maximum absolute atomic E-state index is 12.1. The Kier molecular flexibility index (Phi) is 4.82. The molecule has 2 aromatic carbocycles. The van der Waals surface area contributed by atoms with Crippen LogP contribution in [0, 0.1) is 10.1 Å². The lowest BCUT2D eigenvalue weighted by Crippen LogP contribution is -2.24. The summed E-state index contributed by atoms with van der Waals surface area (Å²) in [4.78, 5) is 22.8. The van der Waals surface area contributed by atoms with Gasteiger partial charge in [-0.3, -0.25) is 14.9 Å². The fraction of sp³-hybridized carbons (Fsp3) is 0.235. The Labute approximate surface area is 123 Å². The third kappa shape index (κ3) is 3.75. The summed E-state index contributed by atoms with van der Waals surface area (Å²) in [5.41, 5.74) is 1.64. The average molecular weight is 283 g/mol. The van der Waals surface area contributed by atoms with Gasteiger partial charge in [-0.05, 0) is 18.1 Å². The molecule has 21 heavy (non-hydrogen) atoms. The van der Waals surface area contributed by atoms with Crippen molar-refractivity contribution in [2.24, 2.45) is 0 Å². The highest BCUT2D eigenvalue weighted by molar-refractivity contribution is 5.84. The largest absolute Gasteiger partial charge is 0.299 e. The van der Waals surface area contributed by atoms with Gasteiger partial charge in [0.2, 0.25) is 6.54 Å². The quantitative estimate of drug-likeness (QED) is 0.603. The van der Waals surface area contributed by atoms with Gasteiger partial charge in [0.15, 0.2) is 0 Å². The van der Waals surface area contributed by atoms with Crippen LogP contribution < -0.4 is 0 Å². The molecule has 0 aliphatic heterocycles. The molecule has 0 amide bonds. The van der Waals surface area contributed by atoms with Crippen LogP contribution in [0.4, 0.5) is 0 Å². The SMILES string of the molecule is CC(=O)[C@@H](c1ccccc1)[C@@H](C[N+](=O)[O-])c1ccccc1. The lowest BCUT2D eigenvalue weighted by molar-refractivity contribution is -0.483. The van der Waals surface area contributed by atoms with Crippen LogP contribution in [0.2, 0.25) is 0 Å². The van der Waals surface area contributed by atoms with Crippen molar-refractivity contribution in [3.8, 4) is 0 Å². The number of carbonyl (C=O) groups excluding carboxylic acids is 1. The molecule has 0 spiro atoms. The molecule has 0 bridgehead atoms. The van der Waals surface area contributed by atoms with E-state index in [1.54, 1.807) is 0 Å². The third-order valence-electron chi connectivity index (χ3n) is 3.57. The first-order valence-corrected chi connectivity index (χ1v) is 6.81. The summed E-state index contributed by atoms with van der Waals surface area (Å²) in [6, 6.07) is 18.5. The average Bonchev–Trinajstić information content (AvgIpc) is 2.48. The zero-order valence-electron chi connectivity index (χ0n) is 11.8. The Morgan fingerprint density at radius 2 is 1.48 bits per heavy atom. The molecule has 0 N–H and O–H groups in total. The van der Waals surface area contributed by atoms with Gasteiger partial charge in [0.25, 0.3) is 0 Å². The van der Waals surface area contributed by atoms with E-state index in [0.717, 1.165) is 11.1 Å². The predicted molar refractivity (Wildman–Crippen MR) is 80.9 cm³/mol. The minimum absolute atomic E-state index is 0.0584. The van der Waals surface area contributed by atoms with Gasteiger partial charge in [-0.1, -0.05) is 60.7 Å². The Morgan fingerprint density at radius 3 is 1.90 bits per heavy atom. The summed E-state index contributed by atoms with van der Waals surface area (Å²) in [7, 11) is 0. The van der Waals surface area contributed by atoms with Crippen molar-refractivity contribution < 1.29 is 9.72 Å². The van der Waals surface area contributed by atoms with Crippen molar-refractivity contribution in [2.45, 2.75) is 18.8 Å². The van der Waals surface area contributed by atoms with Gasteiger partial charge in [0.05, 0.1) is 11.8 Å². The van der Waals surface area contributed by atoms with E-state index in [2.05, 4.69) is 0 Å². The Morgan fingerprint density at radius 1 is 1.00 bits per heavy atom. The Balaban J connectivity index is 2.46. The molecule has 2 aromatic rings. The standard InChI is InChI=1S/C17H17NO3/c1-13(19)17(15-10-6-3-7-11-15)16(12-18(20)21)14-8-4-2-5-9-14/h2-11,16-17H,12H2,1H3/t16-,17-/m0/s1. The van der Waals surface area contributed by atoms with E-state index in [1.165, 1.54) is 6.92 Å². The van der Waals surface area contributed by atoms with Crippen LogP contribution in [-0.2, 0) is 4.79 Å². The van der Waals surface area contributed by atoms with Crippen LogP contribution in [-0.4, -0.2) is 17.3 Å². The zero-order chi connectivity index (χ0) is 15.2. The van der Waals surface area contributed by atoms with Crippen LogP contribution in [0.15, 0.2) is 60.7 Å².